The van der Waals surface area contributed by atoms with Gasteiger partial charge in [-0.3, -0.25) is 0 Å². The Bertz CT molecular complexity index is 398. The van der Waals surface area contributed by atoms with E-state index in [1.165, 1.54) is 0 Å². The van der Waals surface area contributed by atoms with Gasteiger partial charge in [0.25, 0.3) is 0 Å². The van der Waals surface area contributed by atoms with Crippen molar-refractivity contribution < 1.29 is 14.6 Å². The summed E-state index contributed by atoms with van der Waals surface area (Å²) < 4.78 is 5.13. The van der Waals surface area contributed by atoms with Gasteiger partial charge in [0.2, 0.25) is 0 Å². The van der Waals surface area contributed by atoms with E-state index in [-0.39, 0.29) is 6.10 Å². The first-order valence-corrected chi connectivity index (χ1v) is 7.05. The molecule has 2 N–H and O–H groups in total. The normalized spacial score (nSPS) is 12.8. The van der Waals surface area contributed by atoms with Gasteiger partial charge in [0.1, 0.15) is 5.60 Å². The molecule has 1 atom stereocenters. The maximum Gasteiger partial charge on any atom is 0.407 e. The topological polar surface area (TPSA) is 58.6 Å². The Morgan fingerprint density at radius 2 is 1.95 bits per heavy atom. The lowest BCUT2D eigenvalue weighted by atomic mass is 10.0. The molecule has 112 valence electrons. The van der Waals surface area contributed by atoms with Crippen LogP contribution in [0.4, 0.5) is 4.79 Å². The highest BCUT2D eigenvalue weighted by molar-refractivity contribution is 5.67. The van der Waals surface area contributed by atoms with E-state index in [2.05, 4.69) is 5.32 Å². The van der Waals surface area contributed by atoms with E-state index in [9.17, 15) is 9.90 Å². The number of carbonyl (C=O) groups is 1. The highest BCUT2D eigenvalue weighted by Gasteiger charge is 2.15. The molecule has 0 saturated heterocycles. The molecule has 0 radical (unpaired) electrons. The van der Waals surface area contributed by atoms with Gasteiger partial charge in [-0.15, -0.1) is 0 Å². The third-order valence-corrected chi connectivity index (χ3v) is 2.70. The zero-order chi connectivity index (χ0) is 15.0. The summed E-state index contributed by atoms with van der Waals surface area (Å²) in [5.41, 5.74) is 0.650. The summed E-state index contributed by atoms with van der Waals surface area (Å²) in [5.74, 6) is 0. The molecule has 0 aliphatic heterocycles. The predicted molar refractivity (Wildman–Crippen MR) is 79.6 cm³/mol. The average Bonchev–Trinajstić information content (AvgIpc) is 2.34. The fourth-order valence-corrected chi connectivity index (χ4v) is 1.83. The molecule has 0 spiro atoms. The molecule has 0 fully saturated rings. The highest BCUT2D eigenvalue weighted by atomic mass is 16.6. The minimum Gasteiger partial charge on any atom is -0.444 e. The van der Waals surface area contributed by atoms with Crippen LogP contribution in [0.15, 0.2) is 30.3 Å². The SMILES string of the molecule is CC(C)(C)OC(=O)NCCCC(O)Cc1ccccc1. The number of ether oxygens (including phenoxy) is 1. The smallest absolute Gasteiger partial charge is 0.407 e. The zero-order valence-corrected chi connectivity index (χ0v) is 12.6. The number of nitrogens with one attached hydrogen (secondary N) is 1. The van der Waals surface area contributed by atoms with Crippen LogP contribution in [0.2, 0.25) is 0 Å². The molecule has 0 aromatic heterocycles. The summed E-state index contributed by atoms with van der Waals surface area (Å²) >= 11 is 0. The first kappa shape index (κ1) is 16.5. The van der Waals surface area contributed by atoms with Crippen molar-refractivity contribution in [3.8, 4) is 0 Å². The summed E-state index contributed by atoms with van der Waals surface area (Å²) in [7, 11) is 0. The van der Waals surface area contributed by atoms with Gasteiger partial charge in [0.15, 0.2) is 0 Å². The number of hydrogen-bond donors (Lipinski definition) is 2. The van der Waals surface area contributed by atoms with Crippen molar-refractivity contribution in [2.75, 3.05) is 6.54 Å². The molecule has 0 aliphatic carbocycles. The lowest BCUT2D eigenvalue weighted by Gasteiger charge is -2.19. The van der Waals surface area contributed by atoms with Crippen molar-refractivity contribution in [3.05, 3.63) is 35.9 Å². The second kappa shape index (κ2) is 7.90. The van der Waals surface area contributed by atoms with Gasteiger partial charge in [-0.2, -0.15) is 0 Å². The summed E-state index contributed by atoms with van der Waals surface area (Å²) in [4.78, 5) is 11.4. The van der Waals surface area contributed by atoms with Crippen LogP contribution in [-0.4, -0.2) is 29.4 Å². The maximum atomic E-state index is 11.4. The van der Waals surface area contributed by atoms with E-state index in [1.807, 2.05) is 51.1 Å². The Hall–Kier alpha value is -1.55. The van der Waals surface area contributed by atoms with Gasteiger partial charge >= 0.3 is 6.09 Å². The van der Waals surface area contributed by atoms with Crippen LogP contribution in [-0.2, 0) is 11.2 Å². The van der Waals surface area contributed by atoms with Crippen molar-refractivity contribution in [2.45, 2.75) is 51.7 Å². The van der Waals surface area contributed by atoms with E-state index >= 15 is 0 Å². The van der Waals surface area contributed by atoms with Gasteiger partial charge in [-0.1, -0.05) is 30.3 Å². The van der Waals surface area contributed by atoms with Crippen LogP contribution in [0, 0.1) is 0 Å². The fraction of sp³-hybridized carbons (Fsp3) is 0.562. The molecule has 0 aliphatic rings. The van der Waals surface area contributed by atoms with Crippen molar-refractivity contribution in [3.63, 3.8) is 0 Å². The third kappa shape index (κ3) is 7.79. The predicted octanol–water partition coefficient (Wildman–Crippen LogP) is 2.89. The van der Waals surface area contributed by atoms with Gasteiger partial charge in [0, 0.05) is 6.54 Å². The fourth-order valence-electron chi connectivity index (χ4n) is 1.83. The van der Waals surface area contributed by atoms with Crippen LogP contribution in [0.3, 0.4) is 0 Å². The van der Waals surface area contributed by atoms with Crippen LogP contribution in [0.25, 0.3) is 0 Å². The molecule has 0 heterocycles. The first-order valence-electron chi connectivity index (χ1n) is 7.05. The molecule has 1 amide bonds. The Kier molecular flexibility index (Phi) is 6.52. The van der Waals surface area contributed by atoms with E-state index < -0.39 is 11.7 Å². The molecule has 0 bridgehead atoms. The highest BCUT2D eigenvalue weighted by Crippen LogP contribution is 2.08. The molecule has 1 aromatic rings. The molecule has 4 nitrogen and oxygen atoms in total. The first-order chi connectivity index (χ1) is 9.37. The minimum absolute atomic E-state index is 0.377. The largest absolute Gasteiger partial charge is 0.444 e. The monoisotopic (exact) mass is 279 g/mol. The lowest BCUT2D eigenvalue weighted by Crippen LogP contribution is -2.33. The van der Waals surface area contributed by atoms with Gasteiger partial charge in [0.05, 0.1) is 6.10 Å². The van der Waals surface area contributed by atoms with Crippen molar-refractivity contribution in [1.29, 1.82) is 0 Å². The van der Waals surface area contributed by atoms with Gasteiger partial charge < -0.3 is 15.2 Å². The molecule has 4 heteroatoms. The van der Waals surface area contributed by atoms with Crippen molar-refractivity contribution in [1.82, 2.24) is 5.32 Å². The second-order valence-corrected chi connectivity index (χ2v) is 5.91. The molecular formula is C16H25NO3. The Morgan fingerprint density at radius 3 is 2.55 bits per heavy atom. The van der Waals surface area contributed by atoms with E-state index in [1.54, 1.807) is 0 Å². The number of hydrogen-bond acceptors (Lipinski definition) is 3. The summed E-state index contributed by atoms with van der Waals surface area (Å²) in [5, 5.41) is 12.6. The minimum atomic E-state index is -0.475. The van der Waals surface area contributed by atoms with E-state index in [0.29, 0.717) is 19.4 Å². The number of rotatable bonds is 6. The zero-order valence-electron chi connectivity index (χ0n) is 12.6. The van der Waals surface area contributed by atoms with E-state index in [0.717, 1.165) is 12.0 Å². The summed E-state index contributed by atoms with van der Waals surface area (Å²) in [6.07, 6.45) is 1.25. The molecule has 1 rings (SSSR count). The molecule has 0 saturated carbocycles. The van der Waals surface area contributed by atoms with Gasteiger partial charge in [-0.25, -0.2) is 4.79 Å². The Balaban J connectivity index is 2.13. The molecule has 1 unspecified atom stereocenters. The van der Waals surface area contributed by atoms with E-state index in [4.69, 9.17) is 4.74 Å². The number of aliphatic hydroxyl groups is 1. The maximum absolute atomic E-state index is 11.4. The number of carbonyl (C=O) groups excluding carboxylic acids is 1. The quantitative estimate of drug-likeness (QED) is 0.787. The standard InChI is InChI=1S/C16H25NO3/c1-16(2,3)20-15(19)17-11-7-10-14(18)12-13-8-5-4-6-9-13/h4-6,8-9,14,18H,7,10-12H2,1-3H3,(H,17,19). The van der Waals surface area contributed by atoms with Crippen molar-refractivity contribution >= 4 is 6.09 Å². The molecular weight excluding hydrogens is 254 g/mol. The van der Waals surface area contributed by atoms with Gasteiger partial charge in [-0.05, 0) is 45.6 Å². The van der Waals surface area contributed by atoms with Crippen molar-refractivity contribution in [2.24, 2.45) is 0 Å². The number of benzene rings is 1. The molecule has 20 heavy (non-hydrogen) atoms. The molecule has 1 aromatic carbocycles. The van der Waals surface area contributed by atoms with Crippen LogP contribution >= 0.6 is 0 Å². The Labute approximate surface area is 121 Å². The number of amides is 1. The summed E-state index contributed by atoms with van der Waals surface area (Å²) in [6, 6.07) is 9.89. The van der Waals surface area contributed by atoms with Crippen LogP contribution in [0.5, 0.6) is 0 Å². The Morgan fingerprint density at radius 1 is 1.30 bits per heavy atom. The van der Waals surface area contributed by atoms with Crippen LogP contribution in [0.1, 0.15) is 39.2 Å². The average molecular weight is 279 g/mol. The third-order valence-electron chi connectivity index (χ3n) is 2.70. The van der Waals surface area contributed by atoms with Crippen LogP contribution < -0.4 is 5.32 Å². The number of aliphatic hydroxyl groups excluding tert-OH is 1. The lowest BCUT2D eigenvalue weighted by molar-refractivity contribution is 0.0523. The number of alkyl carbamates (subject to hydrolysis) is 1. The summed E-state index contributed by atoms with van der Waals surface area (Å²) in [6.45, 7) is 6.00. The second-order valence-electron chi connectivity index (χ2n) is 5.91.